The van der Waals surface area contributed by atoms with Crippen LogP contribution in [0.25, 0.3) is 0 Å². The molecule has 42 heavy (non-hydrogen) atoms. The molecule has 236 valence electrons. The van der Waals surface area contributed by atoms with Gasteiger partial charge in [-0.05, 0) is 142 Å². The molecule has 5 aliphatic rings. The summed E-state index contributed by atoms with van der Waals surface area (Å²) < 4.78 is 29.3. The van der Waals surface area contributed by atoms with Gasteiger partial charge in [-0.15, -0.1) is 0 Å². The Morgan fingerprint density at radius 3 is 2.45 bits per heavy atom. The van der Waals surface area contributed by atoms with Crippen molar-refractivity contribution < 1.29 is 18.6 Å². The number of anilines is 1. The largest absolute Gasteiger partial charge is 0.393 e. The van der Waals surface area contributed by atoms with Crippen LogP contribution in [0.15, 0.2) is 29.2 Å². The fourth-order valence-corrected chi connectivity index (χ4v) is 12.3. The van der Waals surface area contributed by atoms with Crippen molar-refractivity contribution in [2.45, 2.75) is 121 Å². The molecule has 7 heteroatoms. The second-order valence-electron chi connectivity index (χ2n) is 15.3. The van der Waals surface area contributed by atoms with E-state index in [-0.39, 0.29) is 29.0 Å². The molecule has 6 rings (SSSR count). The van der Waals surface area contributed by atoms with Crippen molar-refractivity contribution >= 4 is 15.7 Å². The van der Waals surface area contributed by atoms with Crippen LogP contribution >= 0.6 is 0 Å². The van der Waals surface area contributed by atoms with Crippen molar-refractivity contribution in [2.75, 3.05) is 24.5 Å². The SMILES string of the molecule is CC[C@H]1[C@@H](O)C2[C@H](CC[C@]3(C)C(CCCNS(=O)(=O)c4cccc(N5CCCCC5)c4)CC[C@@H]23)[C@@]2(C)CC[C@@H](O)C[C@@H]12. The monoisotopic (exact) mass is 600 g/mol. The van der Waals surface area contributed by atoms with Gasteiger partial charge in [0.05, 0.1) is 17.1 Å². The van der Waals surface area contributed by atoms with E-state index in [1.54, 1.807) is 6.07 Å². The molecule has 0 aromatic heterocycles. The highest BCUT2D eigenvalue weighted by Crippen LogP contribution is 2.69. The highest BCUT2D eigenvalue weighted by Gasteiger charge is 2.64. The lowest BCUT2D eigenvalue weighted by Crippen LogP contribution is -2.62. The summed E-state index contributed by atoms with van der Waals surface area (Å²) in [4.78, 5) is 2.68. The molecule has 1 aromatic rings. The Labute approximate surface area is 255 Å². The third kappa shape index (κ3) is 5.37. The van der Waals surface area contributed by atoms with Crippen molar-refractivity contribution in [3.63, 3.8) is 0 Å². The summed E-state index contributed by atoms with van der Waals surface area (Å²) in [6, 6.07) is 7.45. The number of piperidine rings is 1. The predicted octanol–water partition coefficient (Wildman–Crippen LogP) is 6.36. The summed E-state index contributed by atoms with van der Waals surface area (Å²) in [6.07, 6.45) is 13.6. The Kier molecular flexibility index (Phi) is 8.80. The Balaban J connectivity index is 1.08. The number of hydrogen-bond acceptors (Lipinski definition) is 5. The third-order valence-corrected chi connectivity index (χ3v) is 14.9. The van der Waals surface area contributed by atoms with Crippen molar-refractivity contribution in [1.82, 2.24) is 4.72 Å². The van der Waals surface area contributed by atoms with Crippen molar-refractivity contribution in [1.29, 1.82) is 0 Å². The summed E-state index contributed by atoms with van der Waals surface area (Å²) in [5.41, 5.74) is 1.46. The number of hydrogen-bond donors (Lipinski definition) is 3. The summed E-state index contributed by atoms with van der Waals surface area (Å²) in [6.45, 7) is 9.70. The Hall–Kier alpha value is -1.15. The summed E-state index contributed by atoms with van der Waals surface area (Å²) >= 11 is 0. The van der Waals surface area contributed by atoms with Crippen LogP contribution in [0, 0.1) is 46.3 Å². The number of sulfonamides is 1. The van der Waals surface area contributed by atoms with Gasteiger partial charge in [-0.3, -0.25) is 0 Å². The van der Waals surface area contributed by atoms with E-state index in [2.05, 4.69) is 30.4 Å². The van der Waals surface area contributed by atoms with Crippen LogP contribution in [0.5, 0.6) is 0 Å². The summed E-state index contributed by atoms with van der Waals surface area (Å²) in [5.74, 6) is 2.76. The lowest BCUT2D eigenvalue weighted by molar-refractivity contribution is -0.202. The maximum absolute atomic E-state index is 13.2. The Morgan fingerprint density at radius 2 is 1.69 bits per heavy atom. The maximum atomic E-state index is 13.2. The lowest BCUT2D eigenvalue weighted by Gasteiger charge is -2.64. The van der Waals surface area contributed by atoms with Gasteiger partial charge in [-0.1, -0.05) is 33.3 Å². The predicted molar refractivity (Wildman–Crippen MR) is 169 cm³/mol. The summed E-state index contributed by atoms with van der Waals surface area (Å²) in [7, 11) is -3.54. The highest BCUT2D eigenvalue weighted by molar-refractivity contribution is 7.89. The molecule has 1 aromatic carbocycles. The molecule has 4 saturated carbocycles. The number of nitrogens with one attached hydrogen (secondary N) is 1. The number of benzene rings is 1. The van der Waals surface area contributed by atoms with Crippen LogP contribution in [-0.4, -0.2) is 50.5 Å². The zero-order valence-electron chi connectivity index (χ0n) is 26.3. The standard InChI is InChI=1S/C35H56N2O4S/c1-4-28-31-23-26(38)15-17-35(31,3)30-16-18-34(2)24(13-14-29(34)32(30)33(28)39)10-9-19-36-42(40,41)27-12-8-11-25(22-27)37-20-6-5-7-21-37/h8,11-12,22,24,26,28-33,36,38-39H,4-7,9-10,13-21,23H2,1-3H3/t24?,26-,28-,29+,30+,31+,32?,33-,34-,35-/m1/s1. The number of nitrogens with zero attached hydrogens (tertiary/aromatic N) is 1. The van der Waals surface area contributed by atoms with Gasteiger partial charge in [0.25, 0.3) is 0 Å². The summed E-state index contributed by atoms with van der Waals surface area (Å²) in [5, 5.41) is 22.4. The molecule has 1 saturated heterocycles. The molecule has 6 nitrogen and oxygen atoms in total. The van der Waals surface area contributed by atoms with Gasteiger partial charge in [0, 0.05) is 25.3 Å². The van der Waals surface area contributed by atoms with Gasteiger partial charge in [0.15, 0.2) is 0 Å². The van der Waals surface area contributed by atoms with E-state index >= 15 is 0 Å². The van der Waals surface area contributed by atoms with Crippen molar-refractivity contribution in [2.24, 2.45) is 46.3 Å². The topological polar surface area (TPSA) is 89.9 Å². The van der Waals surface area contributed by atoms with Crippen LogP contribution in [0.2, 0.25) is 0 Å². The number of rotatable bonds is 8. The number of fused-ring (bicyclic) bond motifs is 5. The molecule has 3 N–H and O–H groups in total. The average molecular weight is 601 g/mol. The smallest absolute Gasteiger partial charge is 0.240 e. The van der Waals surface area contributed by atoms with Gasteiger partial charge in [-0.2, -0.15) is 0 Å². The third-order valence-electron chi connectivity index (χ3n) is 13.5. The second kappa shape index (κ2) is 12.0. The Bertz CT molecular complexity index is 1200. The van der Waals surface area contributed by atoms with E-state index in [1.807, 2.05) is 18.2 Å². The van der Waals surface area contributed by atoms with Gasteiger partial charge in [0.1, 0.15) is 0 Å². The fraction of sp³-hybridized carbons (Fsp3) is 0.829. The average Bonchev–Trinajstić information content (AvgIpc) is 3.33. The second-order valence-corrected chi connectivity index (χ2v) is 17.1. The van der Waals surface area contributed by atoms with Crippen LogP contribution in [0.3, 0.4) is 0 Å². The van der Waals surface area contributed by atoms with Crippen LogP contribution < -0.4 is 9.62 Å². The molecule has 0 spiro atoms. The molecule has 0 radical (unpaired) electrons. The first-order valence-corrected chi connectivity index (χ1v) is 18.8. The van der Waals surface area contributed by atoms with E-state index < -0.39 is 10.0 Å². The van der Waals surface area contributed by atoms with E-state index in [9.17, 15) is 18.6 Å². The zero-order chi connectivity index (χ0) is 29.7. The molecule has 2 unspecified atom stereocenters. The first kappa shape index (κ1) is 30.9. The number of aliphatic hydroxyl groups excluding tert-OH is 2. The first-order chi connectivity index (χ1) is 20.1. The molecular weight excluding hydrogens is 544 g/mol. The molecule has 5 fully saturated rings. The minimum atomic E-state index is -3.54. The molecule has 0 bridgehead atoms. The minimum absolute atomic E-state index is 0.207. The van der Waals surface area contributed by atoms with Crippen molar-refractivity contribution in [3.8, 4) is 0 Å². The van der Waals surface area contributed by atoms with Gasteiger partial charge in [-0.25, -0.2) is 13.1 Å². The van der Waals surface area contributed by atoms with Crippen molar-refractivity contribution in [3.05, 3.63) is 24.3 Å². The van der Waals surface area contributed by atoms with Crippen LogP contribution in [0.4, 0.5) is 5.69 Å². The maximum Gasteiger partial charge on any atom is 0.240 e. The quantitative estimate of drug-likeness (QED) is 0.302. The number of aliphatic hydroxyl groups is 2. The lowest BCUT2D eigenvalue weighted by atomic mass is 9.41. The molecule has 0 amide bonds. The van der Waals surface area contributed by atoms with E-state index in [4.69, 9.17) is 0 Å². The van der Waals surface area contributed by atoms with E-state index in [0.717, 1.165) is 57.3 Å². The Morgan fingerprint density at radius 1 is 0.952 bits per heavy atom. The van der Waals surface area contributed by atoms with E-state index in [0.29, 0.717) is 41.0 Å². The van der Waals surface area contributed by atoms with E-state index in [1.165, 1.54) is 44.9 Å². The molecular formula is C35H56N2O4S. The minimum Gasteiger partial charge on any atom is -0.393 e. The van der Waals surface area contributed by atoms with Gasteiger partial charge >= 0.3 is 0 Å². The normalized spacial score (nSPS) is 42.1. The fourth-order valence-electron chi connectivity index (χ4n) is 11.2. The molecule has 4 aliphatic carbocycles. The van der Waals surface area contributed by atoms with Gasteiger partial charge < -0.3 is 15.1 Å². The van der Waals surface area contributed by atoms with Gasteiger partial charge in [0.2, 0.25) is 10.0 Å². The highest BCUT2D eigenvalue weighted by atomic mass is 32.2. The molecule has 1 heterocycles. The van der Waals surface area contributed by atoms with Crippen LogP contribution in [0.1, 0.15) is 104 Å². The molecule has 10 atom stereocenters. The molecule has 1 aliphatic heterocycles. The first-order valence-electron chi connectivity index (χ1n) is 17.3. The zero-order valence-corrected chi connectivity index (χ0v) is 27.1. The van der Waals surface area contributed by atoms with Crippen LogP contribution in [-0.2, 0) is 10.0 Å².